The lowest BCUT2D eigenvalue weighted by Crippen LogP contribution is -2.41. The average molecular weight is 283 g/mol. The van der Waals surface area contributed by atoms with E-state index in [0.717, 1.165) is 25.7 Å². The maximum Gasteiger partial charge on any atom is 0.310 e. The van der Waals surface area contributed by atoms with Crippen molar-refractivity contribution < 1.29 is 14.7 Å². The monoisotopic (exact) mass is 283 g/mol. The van der Waals surface area contributed by atoms with E-state index in [1.54, 1.807) is 0 Å². The van der Waals surface area contributed by atoms with E-state index in [-0.39, 0.29) is 18.4 Å². The number of carbonyl (C=O) groups is 2. The van der Waals surface area contributed by atoms with Crippen LogP contribution in [0.5, 0.6) is 0 Å². The molecule has 0 radical (unpaired) electrons. The molecule has 4 heteroatoms. The highest BCUT2D eigenvalue weighted by molar-refractivity contribution is 5.85. The largest absolute Gasteiger partial charge is 0.481 e. The van der Waals surface area contributed by atoms with Crippen molar-refractivity contribution in [3.8, 4) is 0 Å². The zero-order valence-electron chi connectivity index (χ0n) is 12.9. The van der Waals surface area contributed by atoms with Crippen molar-refractivity contribution in [2.24, 2.45) is 5.41 Å². The molecule has 20 heavy (non-hydrogen) atoms. The molecule has 0 aromatic heterocycles. The van der Waals surface area contributed by atoms with Gasteiger partial charge in [0.2, 0.25) is 5.91 Å². The molecule has 0 saturated heterocycles. The van der Waals surface area contributed by atoms with Crippen molar-refractivity contribution in [1.82, 2.24) is 5.32 Å². The maximum absolute atomic E-state index is 12.2. The van der Waals surface area contributed by atoms with Crippen LogP contribution < -0.4 is 5.32 Å². The summed E-state index contributed by atoms with van der Waals surface area (Å²) in [5.74, 6) is -0.947. The third-order valence-corrected chi connectivity index (χ3v) is 4.78. The van der Waals surface area contributed by atoms with Gasteiger partial charge >= 0.3 is 5.97 Å². The third-order valence-electron chi connectivity index (χ3n) is 4.78. The summed E-state index contributed by atoms with van der Waals surface area (Å²) in [5, 5.41) is 12.4. The summed E-state index contributed by atoms with van der Waals surface area (Å²) in [6.45, 7) is 3.70. The third kappa shape index (κ3) is 4.80. The van der Waals surface area contributed by atoms with Crippen LogP contribution >= 0.6 is 0 Å². The maximum atomic E-state index is 12.2. The number of nitrogens with one attached hydrogen (secondary N) is 1. The van der Waals surface area contributed by atoms with Gasteiger partial charge in [-0.05, 0) is 25.7 Å². The van der Waals surface area contributed by atoms with Crippen LogP contribution in [-0.4, -0.2) is 23.0 Å². The first-order valence-electron chi connectivity index (χ1n) is 8.07. The molecule has 0 aromatic rings. The fourth-order valence-electron chi connectivity index (χ4n) is 3.06. The van der Waals surface area contributed by atoms with Crippen molar-refractivity contribution in [2.45, 2.75) is 84.1 Å². The molecule has 0 unspecified atom stereocenters. The number of amides is 1. The molecule has 0 aliphatic heterocycles. The predicted molar refractivity (Wildman–Crippen MR) is 79.5 cm³/mol. The molecule has 1 aliphatic rings. The van der Waals surface area contributed by atoms with E-state index in [0.29, 0.717) is 12.8 Å². The molecule has 2 N–H and O–H groups in total. The van der Waals surface area contributed by atoms with Crippen molar-refractivity contribution in [3.63, 3.8) is 0 Å². The Balaban J connectivity index is 2.54. The fraction of sp³-hybridized carbons (Fsp3) is 0.875. The first kappa shape index (κ1) is 17.0. The van der Waals surface area contributed by atoms with Crippen LogP contribution in [0.2, 0.25) is 0 Å². The number of hydrogen-bond acceptors (Lipinski definition) is 2. The lowest BCUT2D eigenvalue weighted by molar-refractivity contribution is -0.152. The quantitative estimate of drug-likeness (QED) is 0.784. The summed E-state index contributed by atoms with van der Waals surface area (Å²) in [6, 6.07) is 0.239. The van der Waals surface area contributed by atoms with Crippen molar-refractivity contribution >= 4 is 11.9 Å². The van der Waals surface area contributed by atoms with Crippen LogP contribution in [0.15, 0.2) is 0 Å². The van der Waals surface area contributed by atoms with Crippen LogP contribution in [-0.2, 0) is 9.59 Å². The molecule has 0 atom stereocenters. The Morgan fingerprint density at radius 1 is 1.05 bits per heavy atom. The first-order valence-corrected chi connectivity index (χ1v) is 8.07. The minimum Gasteiger partial charge on any atom is -0.481 e. The fourth-order valence-corrected chi connectivity index (χ4v) is 3.06. The average Bonchev–Trinajstić information content (AvgIpc) is 2.38. The van der Waals surface area contributed by atoms with Gasteiger partial charge in [-0.15, -0.1) is 0 Å². The van der Waals surface area contributed by atoms with Gasteiger partial charge < -0.3 is 10.4 Å². The van der Waals surface area contributed by atoms with Gasteiger partial charge in [0.15, 0.2) is 0 Å². The zero-order valence-corrected chi connectivity index (χ0v) is 12.9. The minimum absolute atomic E-state index is 0.0957. The van der Waals surface area contributed by atoms with Gasteiger partial charge in [0.25, 0.3) is 0 Å². The van der Waals surface area contributed by atoms with Crippen LogP contribution in [0.25, 0.3) is 0 Å². The molecular formula is C16H29NO3. The molecule has 0 aromatic carbocycles. The standard InChI is InChI=1S/C16H29NO3/c1-3-16(4-2,15(19)20)12-14(18)17-13-10-8-6-5-7-9-11-13/h13H,3-12H2,1-2H3,(H,17,18)(H,19,20). The number of aliphatic carboxylic acids is 1. The summed E-state index contributed by atoms with van der Waals surface area (Å²) in [4.78, 5) is 23.6. The Morgan fingerprint density at radius 2 is 1.55 bits per heavy atom. The van der Waals surface area contributed by atoms with Crippen molar-refractivity contribution in [1.29, 1.82) is 0 Å². The Hall–Kier alpha value is -1.06. The van der Waals surface area contributed by atoms with Gasteiger partial charge in [0, 0.05) is 12.5 Å². The van der Waals surface area contributed by atoms with E-state index < -0.39 is 11.4 Å². The smallest absolute Gasteiger partial charge is 0.310 e. The lowest BCUT2D eigenvalue weighted by Gasteiger charge is -2.28. The Bertz CT molecular complexity index is 316. The van der Waals surface area contributed by atoms with Crippen molar-refractivity contribution in [2.75, 3.05) is 0 Å². The highest BCUT2D eigenvalue weighted by Gasteiger charge is 2.37. The Labute approximate surface area is 122 Å². The van der Waals surface area contributed by atoms with Gasteiger partial charge in [-0.2, -0.15) is 0 Å². The second-order valence-electron chi connectivity index (χ2n) is 6.08. The van der Waals surface area contributed by atoms with E-state index >= 15 is 0 Å². The molecule has 0 spiro atoms. The normalized spacial score (nSPS) is 18.1. The molecular weight excluding hydrogens is 254 g/mol. The van der Waals surface area contributed by atoms with Gasteiger partial charge in [0.05, 0.1) is 5.41 Å². The molecule has 116 valence electrons. The molecule has 4 nitrogen and oxygen atoms in total. The molecule has 0 heterocycles. The van der Waals surface area contributed by atoms with Crippen molar-refractivity contribution in [3.05, 3.63) is 0 Å². The van der Waals surface area contributed by atoms with Gasteiger partial charge in [0.1, 0.15) is 0 Å². The molecule has 1 fully saturated rings. The van der Waals surface area contributed by atoms with Crippen LogP contribution in [0.1, 0.15) is 78.1 Å². The van der Waals surface area contributed by atoms with E-state index in [1.807, 2.05) is 13.8 Å². The second kappa shape index (κ2) is 8.28. The summed E-state index contributed by atoms with van der Waals surface area (Å²) in [7, 11) is 0. The number of rotatable bonds is 6. The number of carboxylic acid groups (broad SMARTS) is 1. The Morgan fingerprint density at radius 3 is 2.00 bits per heavy atom. The highest BCUT2D eigenvalue weighted by atomic mass is 16.4. The molecule has 1 saturated carbocycles. The van der Waals surface area contributed by atoms with E-state index in [4.69, 9.17) is 0 Å². The van der Waals surface area contributed by atoms with E-state index in [9.17, 15) is 14.7 Å². The highest BCUT2D eigenvalue weighted by Crippen LogP contribution is 2.31. The summed E-state index contributed by atoms with van der Waals surface area (Å²) in [6.07, 6.45) is 9.28. The Kier molecular flexibility index (Phi) is 7.03. The second-order valence-corrected chi connectivity index (χ2v) is 6.08. The first-order chi connectivity index (χ1) is 9.54. The number of carbonyl (C=O) groups excluding carboxylic acids is 1. The lowest BCUT2D eigenvalue weighted by atomic mass is 9.79. The van der Waals surface area contributed by atoms with Crippen LogP contribution in [0.4, 0.5) is 0 Å². The van der Waals surface area contributed by atoms with Crippen LogP contribution in [0.3, 0.4) is 0 Å². The predicted octanol–water partition coefficient (Wildman–Crippen LogP) is 3.50. The number of hydrogen-bond donors (Lipinski definition) is 2. The summed E-state index contributed by atoms with van der Waals surface area (Å²) < 4.78 is 0. The number of carboxylic acids is 1. The summed E-state index contributed by atoms with van der Waals surface area (Å²) >= 11 is 0. The minimum atomic E-state index is -0.897. The van der Waals surface area contributed by atoms with Crippen LogP contribution in [0, 0.1) is 5.41 Å². The van der Waals surface area contributed by atoms with E-state index in [2.05, 4.69) is 5.32 Å². The summed E-state index contributed by atoms with van der Waals surface area (Å²) in [5.41, 5.74) is -0.897. The van der Waals surface area contributed by atoms with E-state index in [1.165, 1.54) is 19.3 Å². The topological polar surface area (TPSA) is 66.4 Å². The van der Waals surface area contributed by atoms with Gasteiger partial charge in [-0.3, -0.25) is 9.59 Å². The van der Waals surface area contributed by atoms with Gasteiger partial charge in [-0.1, -0.05) is 46.0 Å². The molecule has 0 bridgehead atoms. The van der Waals surface area contributed by atoms with Gasteiger partial charge in [-0.25, -0.2) is 0 Å². The molecule has 1 amide bonds. The zero-order chi connectivity index (χ0) is 15.0. The molecule has 1 aliphatic carbocycles. The molecule has 1 rings (SSSR count). The SMILES string of the molecule is CCC(CC)(CC(=O)NC1CCCCCCC1)C(=O)O.